The first-order chi connectivity index (χ1) is 67.8. The number of rotatable bonds is 11. The fourth-order valence-corrected chi connectivity index (χ4v) is 16.2. The molecule has 0 spiro atoms. The predicted molar refractivity (Wildman–Crippen MR) is 482 cm³/mol. The van der Waals surface area contributed by atoms with E-state index in [1.807, 2.05) is 210 Å². The normalized spacial score (nSPS) is 16.4. The van der Waals surface area contributed by atoms with Crippen LogP contribution in [-0.4, -0.2) is 15.8 Å². The minimum Gasteiger partial charge on any atom is -0.310 e. The SMILES string of the molecule is [2H]c1c([2H])c([2H])c(-c2c([2H])c([2H])c3c(c2[2H])c2c([2H])c([2H])c([2H])c([2H])c2n3-c2c([2H])c([2H])c3c(c2[2H])N(c2c(-c4ccccc4)cc(C(C)(C)C)cc2-c2ccccc2)c2cc(-c4ccc5ccccc5c4)cc4c2B3c2c([2H])c([2H])c(-n3c5c([2H])c([2H])c([2H])c([2H])c5c5c([2H])c(-c6c([2H])c([2H])c([2H])c([2H])c6[2H])c([2H])c([2H])c53)c([2H])c2N4c2c(-c3ccccc3)cc(C(C)(C)C)cc2-c2ccccc2)c([2H])c1[2H]. The molecule has 0 radical (unpaired) electrons. The Bertz CT molecular complexity index is 8280. The fourth-order valence-electron chi connectivity index (χ4n) is 16.2. The van der Waals surface area contributed by atoms with Crippen LogP contribution in [-0.2, 0) is 10.8 Å². The number of para-hydroxylation sites is 2. The summed E-state index contributed by atoms with van der Waals surface area (Å²) in [5.41, 5.74) is -1.16. The van der Waals surface area contributed by atoms with Crippen LogP contribution in [0.2, 0.25) is 0 Å². The van der Waals surface area contributed by atoms with Crippen LogP contribution in [0.25, 0.3) is 144 Å². The summed E-state index contributed by atoms with van der Waals surface area (Å²) in [5, 5.41) is -0.571. The summed E-state index contributed by atoms with van der Waals surface area (Å²) in [7, 11) is 0. The van der Waals surface area contributed by atoms with Gasteiger partial charge in [-0.1, -0.05) is 320 Å². The molecule has 0 N–H and O–H groups in total. The summed E-state index contributed by atoms with van der Waals surface area (Å²) in [6.07, 6.45) is 0. The molecule has 19 aromatic rings. The van der Waals surface area contributed by atoms with Gasteiger partial charge in [-0.25, -0.2) is 0 Å². The number of anilines is 6. The molecule has 113 heavy (non-hydrogen) atoms. The van der Waals surface area contributed by atoms with Gasteiger partial charge in [0.1, 0.15) is 0 Å². The van der Waals surface area contributed by atoms with Gasteiger partial charge in [0.25, 0.3) is 6.71 Å². The Hall–Kier alpha value is -13.7. The zero-order valence-electron chi connectivity index (χ0n) is 91.9. The molecular weight excluding hydrogens is 1360 g/mol. The van der Waals surface area contributed by atoms with Gasteiger partial charge in [0.2, 0.25) is 0 Å². The first kappa shape index (κ1) is 43.0. The zero-order valence-corrected chi connectivity index (χ0v) is 61.9. The first-order valence-corrected chi connectivity index (χ1v) is 37.2. The van der Waals surface area contributed by atoms with Gasteiger partial charge >= 0.3 is 0 Å². The summed E-state index contributed by atoms with van der Waals surface area (Å²) in [4.78, 5) is 3.62. The standard InChI is InChI=1S/C108H81BN4/c1-107(2,3)82-64-88(73-36-17-9-18-37-73)105(89(65-82)74-38-19-10-20-39-74)112-100-68-84(110-96-47-29-27-45-86(96)92-60-79(51-57-98(92)110)70-31-13-7-14-32-70)53-55-94(100)109-95-56-54-85(111-97-48-30-28-46-87(97)93-61-80(52-58-99(93)111)71-33-15-8-16-34-71)69-101(95)113(103-63-81(62-102(112)104(103)109)78-50-49-72-35-25-26-44-77(72)59-78)106-90(75-40-21-11-22-41-75)66-83(108(4,5)6)67-91(106)76-42-23-12-24-43-76/h7-69H,1-6H3/i7D,8D,13D,14D,15D,16D,27D,28D,29D,30D,31D,32D,33D,34D,45D,46D,47D,48D,51D,52D,53D,54D,55D,56D,57D,58D,60D,61D,68D,69D. The Kier molecular flexibility index (Phi) is 10.1. The van der Waals surface area contributed by atoms with Gasteiger partial charge in [-0.05, 0) is 208 Å². The van der Waals surface area contributed by atoms with Crippen molar-refractivity contribution in [1.29, 1.82) is 0 Å². The monoisotopic (exact) mass is 1470 g/mol. The summed E-state index contributed by atoms with van der Waals surface area (Å²) < 4.78 is 302. The summed E-state index contributed by atoms with van der Waals surface area (Å²) in [6, 6.07) is 36.9. The van der Waals surface area contributed by atoms with Crippen LogP contribution in [0.5, 0.6) is 0 Å². The third-order valence-corrected chi connectivity index (χ3v) is 21.6. The third kappa shape index (κ3) is 11.3. The van der Waals surface area contributed by atoms with Gasteiger partial charge in [-0.15, -0.1) is 0 Å². The van der Waals surface area contributed by atoms with E-state index < -0.39 is 276 Å². The smallest absolute Gasteiger partial charge is 0.252 e. The number of aromatic nitrogens is 2. The zero-order chi connectivity index (χ0) is 102. The molecular formula is C108H81BN4. The van der Waals surface area contributed by atoms with Crippen molar-refractivity contribution in [3.05, 3.63) is 393 Å². The molecule has 17 aromatic carbocycles. The number of benzene rings is 17. The molecule has 2 aromatic heterocycles. The molecule has 4 nitrogen and oxygen atoms in total. The molecule has 0 fully saturated rings. The van der Waals surface area contributed by atoms with Crippen LogP contribution in [0.3, 0.4) is 0 Å². The Morgan fingerprint density at radius 3 is 1.04 bits per heavy atom. The third-order valence-electron chi connectivity index (χ3n) is 21.6. The second-order valence-electron chi connectivity index (χ2n) is 30.4. The molecule has 0 saturated heterocycles. The molecule has 2 aliphatic rings. The van der Waals surface area contributed by atoms with E-state index in [9.17, 15) is 32.9 Å². The molecule has 0 unspecified atom stereocenters. The average molecular weight is 1480 g/mol. The van der Waals surface area contributed by atoms with Crippen molar-refractivity contribution in [3.63, 3.8) is 0 Å². The van der Waals surface area contributed by atoms with Crippen LogP contribution in [0.1, 0.15) is 93.8 Å². The highest BCUT2D eigenvalue weighted by Gasteiger charge is 2.46. The molecule has 0 atom stereocenters. The average Bonchev–Trinajstić information content (AvgIpc) is 1.29. The largest absolute Gasteiger partial charge is 0.310 e. The lowest BCUT2D eigenvalue weighted by atomic mass is 9.33. The second-order valence-corrected chi connectivity index (χ2v) is 30.4. The van der Waals surface area contributed by atoms with E-state index in [0.29, 0.717) is 67.0 Å². The number of nitrogens with zero attached hydrogens (tertiary/aromatic N) is 4. The second kappa shape index (κ2) is 26.5. The van der Waals surface area contributed by atoms with Crippen molar-refractivity contribution in [1.82, 2.24) is 9.13 Å². The van der Waals surface area contributed by atoms with E-state index >= 15 is 0 Å². The molecule has 4 heterocycles. The number of fused-ring (bicyclic) bond motifs is 11. The van der Waals surface area contributed by atoms with E-state index in [1.165, 1.54) is 0 Å². The van der Waals surface area contributed by atoms with Crippen LogP contribution in [0.4, 0.5) is 34.1 Å². The first-order valence-electron chi connectivity index (χ1n) is 52.2. The van der Waals surface area contributed by atoms with Crippen molar-refractivity contribution >= 4 is 112 Å². The lowest BCUT2D eigenvalue weighted by molar-refractivity contribution is 0.590. The van der Waals surface area contributed by atoms with Crippen LogP contribution in [0.15, 0.2) is 381 Å². The van der Waals surface area contributed by atoms with Crippen molar-refractivity contribution in [3.8, 4) is 89.3 Å². The van der Waals surface area contributed by atoms with E-state index in [4.69, 9.17) is 8.22 Å². The number of hydrogen-bond donors (Lipinski definition) is 0. The molecule has 2 aliphatic heterocycles. The highest BCUT2D eigenvalue weighted by molar-refractivity contribution is 7.00. The van der Waals surface area contributed by atoms with E-state index in [-0.39, 0.29) is 39.1 Å². The maximum Gasteiger partial charge on any atom is 0.252 e. The molecule has 0 aliphatic carbocycles. The van der Waals surface area contributed by atoms with Gasteiger partial charge in [0.05, 0.1) is 74.6 Å². The van der Waals surface area contributed by atoms with E-state index in [0.717, 1.165) is 31.0 Å². The predicted octanol–water partition coefficient (Wildman–Crippen LogP) is 27.4. The maximum atomic E-state index is 12.1. The Balaban J connectivity index is 1.03. The molecule has 0 amide bonds. The summed E-state index contributed by atoms with van der Waals surface area (Å²) >= 11 is 0. The van der Waals surface area contributed by atoms with Crippen LogP contribution < -0.4 is 26.2 Å². The lowest BCUT2D eigenvalue weighted by Crippen LogP contribution is -2.61. The van der Waals surface area contributed by atoms with E-state index in [2.05, 4.69) is 41.5 Å². The topological polar surface area (TPSA) is 16.3 Å². The van der Waals surface area contributed by atoms with Crippen molar-refractivity contribution in [2.75, 3.05) is 9.80 Å². The fraction of sp³-hybridized carbons (Fsp3) is 0.0741. The summed E-state index contributed by atoms with van der Waals surface area (Å²) in [6.45, 7) is 10.5. The van der Waals surface area contributed by atoms with Gasteiger partial charge in [-0.3, -0.25) is 0 Å². The quantitative estimate of drug-likeness (QED) is 0.120. The Morgan fingerprint density at radius 1 is 0.265 bits per heavy atom. The van der Waals surface area contributed by atoms with Crippen LogP contribution in [0, 0.1) is 0 Å². The Morgan fingerprint density at radius 2 is 0.637 bits per heavy atom. The van der Waals surface area contributed by atoms with Gasteiger partial charge in [-0.2, -0.15) is 0 Å². The Labute approximate surface area is 703 Å². The summed E-state index contributed by atoms with van der Waals surface area (Å²) in [5.74, 6) is 0. The molecule has 0 saturated carbocycles. The minimum absolute atomic E-state index is 0.164. The molecule has 536 valence electrons. The van der Waals surface area contributed by atoms with Gasteiger partial charge in [0.15, 0.2) is 0 Å². The van der Waals surface area contributed by atoms with Crippen molar-refractivity contribution in [2.45, 2.75) is 52.4 Å². The lowest BCUT2D eigenvalue weighted by Gasteiger charge is -2.46. The number of hydrogen-bond acceptors (Lipinski definition) is 2. The van der Waals surface area contributed by atoms with Crippen LogP contribution >= 0.6 is 0 Å². The van der Waals surface area contributed by atoms with E-state index in [1.54, 1.807) is 0 Å². The van der Waals surface area contributed by atoms with Crippen molar-refractivity contribution in [2.24, 2.45) is 0 Å². The molecule has 21 rings (SSSR count). The highest BCUT2D eigenvalue weighted by Crippen LogP contribution is 2.56. The highest BCUT2D eigenvalue weighted by atomic mass is 15.2. The maximum absolute atomic E-state index is 12.1. The van der Waals surface area contributed by atoms with Gasteiger partial charge < -0.3 is 18.9 Å². The minimum atomic E-state index is -1.83. The molecule has 5 heteroatoms. The van der Waals surface area contributed by atoms with Crippen molar-refractivity contribution < 1.29 is 41.1 Å². The molecule has 0 bridgehead atoms. The van der Waals surface area contributed by atoms with Gasteiger partial charge in [0, 0.05) is 77.9 Å².